The Morgan fingerprint density at radius 2 is 1.65 bits per heavy atom. The molecule has 2 aromatic rings. The molecule has 0 N–H and O–H groups in total. The molecule has 1 heterocycles. The van der Waals surface area contributed by atoms with E-state index in [-0.39, 0.29) is 0 Å². The molecule has 0 unspecified atom stereocenters. The van der Waals surface area contributed by atoms with Crippen LogP contribution in [-0.4, -0.2) is 26.3 Å². The lowest BCUT2D eigenvalue weighted by atomic mass is 10.2. The van der Waals surface area contributed by atoms with Crippen molar-refractivity contribution in [3.05, 3.63) is 34.9 Å². The van der Waals surface area contributed by atoms with E-state index >= 15 is 0 Å². The normalized spacial score (nSPS) is 10.0. The topological polar surface area (TPSA) is 49.8 Å². The van der Waals surface area contributed by atoms with Crippen molar-refractivity contribution in [1.29, 1.82) is 0 Å². The van der Waals surface area contributed by atoms with Crippen LogP contribution in [0.2, 0.25) is 0 Å². The maximum atomic E-state index is 5.72. The zero-order valence-corrected chi connectivity index (χ0v) is 12.9. The van der Waals surface area contributed by atoms with Crippen LogP contribution in [0, 0.1) is 0 Å². The molecule has 0 amide bonds. The molecule has 5 nitrogen and oxygen atoms in total. The van der Waals surface area contributed by atoms with E-state index in [1.54, 1.807) is 39.7 Å². The second kappa shape index (κ2) is 6.47. The molecule has 6 heteroatoms. The molecule has 2 rings (SSSR count). The van der Waals surface area contributed by atoms with Crippen molar-refractivity contribution in [3.8, 4) is 28.9 Å². The fraction of sp³-hybridized carbons (Fsp3) is 0.214. The summed E-state index contributed by atoms with van der Waals surface area (Å²) in [7, 11) is 4.66. The second-order valence-electron chi connectivity index (χ2n) is 3.75. The zero-order chi connectivity index (χ0) is 14.5. The largest absolute Gasteiger partial charge is 0.493 e. The van der Waals surface area contributed by atoms with E-state index in [4.69, 9.17) is 18.9 Å². The van der Waals surface area contributed by atoms with Gasteiger partial charge in [0.05, 0.1) is 25.8 Å². The van der Waals surface area contributed by atoms with E-state index in [0.29, 0.717) is 28.9 Å². The predicted molar refractivity (Wildman–Crippen MR) is 78.1 cm³/mol. The van der Waals surface area contributed by atoms with Gasteiger partial charge < -0.3 is 18.9 Å². The first kappa shape index (κ1) is 14.5. The first-order valence-corrected chi connectivity index (χ1v) is 6.57. The molecule has 0 aliphatic carbocycles. The Morgan fingerprint density at radius 1 is 1.00 bits per heavy atom. The highest BCUT2D eigenvalue weighted by Gasteiger charge is 2.15. The molecule has 0 atom stereocenters. The van der Waals surface area contributed by atoms with Crippen molar-refractivity contribution >= 4 is 15.9 Å². The minimum atomic E-state index is 0.460. The number of hydrogen-bond donors (Lipinski definition) is 0. The summed E-state index contributed by atoms with van der Waals surface area (Å²) >= 11 is 3.38. The molecule has 0 bridgehead atoms. The Balaban J connectivity index is 2.40. The summed E-state index contributed by atoms with van der Waals surface area (Å²) in [5, 5.41) is 0. The SMILES string of the molecule is COc1cc(Oc2ncccc2Br)cc(OC)c1OC. The van der Waals surface area contributed by atoms with Gasteiger partial charge in [0.25, 0.3) is 0 Å². The fourth-order valence-electron chi connectivity index (χ4n) is 1.67. The van der Waals surface area contributed by atoms with E-state index in [2.05, 4.69) is 20.9 Å². The summed E-state index contributed by atoms with van der Waals surface area (Å²) in [6, 6.07) is 7.08. The van der Waals surface area contributed by atoms with Gasteiger partial charge in [-0.1, -0.05) is 0 Å². The van der Waals surface area contributed by atoms with Crippen LogP contribution in [0.15, 0.2) is 34.9 Å². The Hall–Kier alpha value is -1.95. The van der Waals surface area contributed by atoms with Crippen LogP contribution in [0.4, 0.5) is 0 Å². The summed E-state index contributed by atoms with van der Waals surface area (Å²) in [5.74, 6) is 2.56. The number of halogens is 1. The molecular formula is C14H14BrNO4. The summed E-state index contributed by atoms with van der Waals surface area (Å²) in [6.07, 6.45) is 1.65. The smallest absolute Gasteiger partial charge is 0.233 e. The summed E-state index contributed by atoms with van der Waals surface area (Å²) < 4.78 is 22.3. The third kappa shape index (κ3) is 2.96. The number of benzene rings is 1. The third-order valence-corrected chi connectivity index (χ3v) is 3.18. The van der Waals surface area contributed by atoms with Gasteiger partial charge in [0, 0.05) is 18.3 Å². The van der Waals surface area contributed by atoms with Crippen LogP contribution >= 0.6 is 15.9 Å². The van der Waals surface area contributed by atoms with Gasteiger partial charge in [0.15, 0.2) is 11.5 Å². The number of hydrogen-bond acceptors (Lipinski definition) is 5. The van der Waals surface area contributed by atoms with Gasteiger partial charge in [-0.3, -0.25) is 0 Å². The van der Waals surface area contributed by atoms with E-state index in [1.807, 2.05) is 12.1 Å². The molecular weight excluding hydrogens is 326 g/mol. The molecule has 0 fully saturated rings. The van der Waals surface area contributed by atoms with Gasteiger partial charge in [-0.25, -0.2) is 4.98 Å². The molecule has 0 saturated carbocycles. The summed E-state index contributed by atoms with van der Waals surface area (Å²) in [5.41, 5.74) is 0. The number of rotatable bonds is 5. The maximum absolute atomic E-state index is 5.72. The summed E-state index contributed by atoms with van der Waals surface area (Å²) in [6.45, 7) is 0. The maximum Gasteiger partial charge on any atom is 0.233 e. The summed E-state index contributed by atoms with van der Waals surface area (Å²) in [4.78, 5) is 4.15. The van der Waals surface area contributed by atoms with Crippen LogP contribution in [0.3, 0.4) is 0 Å². The van der Waals surface area contributed by atoms with E-state index in [1.165, 1.54) is 0 Å². The lowest BCUT2D eigenvalue weighted by molar-refractivity contribution is 0.320. The lowest BCUT2D eigenvalue weighted by Crippen LogP contribution is -1.96. The number of aromatic nitrogens is 1. The van der Waals surface area contributed by atoms with Crippen molar-refractivity contribution < 1.29 is 18.9 Å². The van der Waals surface area contributed by atoms with Gasteiger partial charge in [0.1, 0.15) is 5.75 Å². The van der Waals surface area contributed by atoms with E-state index < -0.39 is 0 Å². The number of nitrogens with zero attached hydrogens (tertiary/aromatic N) is 1. The Kier molecular flexibility index (Phi) is 4.68. The second-order valence-corrected chi connectivity index (χ2v) is 4.61. The average molecular weight is 340 g/mol. The van der Waals surface area contributed by atoms with Gasteiger partial charge in [-0.05, 0) is 28.1 Å². The minimum Gasteiger partial charge on any atom is -0.493 e. The number of ether oxygens (including phenoxy) is 4. The third-order valence-electron chi connectivity index (χ3n) is 2.58. The fourth-order valence-corrected chi connectivity index (χ4v) is 2.01. The van der Waals surface area contributed by atoms with Gasteiger partial charge in [-0.15, -0.1) is 0 Å². The number of methoxy groups -OCH3 is 3. The van der Waals surface area contributed by atoms with E-state index in [0.717, 1.165) is 4.47 Å². The van der Waals surface area contributed by atoms with Crippen LogP contribution in [-0.2, 0) is 0 Å². The van der Waals surface area contributed by atoms with Crippen molar-refractivity contribution in [2.45, 2.75) is 0 Å². The van der Waals surface area contributed by atoms with Crippen molar-refractivity contribution in [2.75, 3.05) is 21.3 Å². The van der Waals surface area contributed by atoms with Crippen LogP contribution in [0.5, 0.6) is 28.9 Å². The van der Waals surface area contributed by atoms with Gasteiger partial charge in [-0.2, -0.15) is 0 Å². The Labute approximate surface area is 125 Å². The highest BCUT2D eigenvalue weighted by molar-refractivity contribution is 9.10. The average Bonchev–Trinajstić information content (AvgIpc) is 2.48. The van der Waals surface area contributed by atoms with Crippen LogP contribution in [0.1, 0.15) is 0 Å². The quantitative estimate of drug-likeness (QED) is 0.831. The Morgan fingerprint density at radius 3 is 2.15 bits per heavy atom. The highest BCUT2D eigenvalue weighted by Crippen LogP contribution is 2.42. The molecule has 0 aliphatic heterocycles. The highest BCUT2D eigenvalue weighted by atomic mass is 79.9. The molecule has 1 aromatic carbocycles. The van der Waals surface area contributed by atoms with Crippen LogP contribution < -0.4 is 18.9 Å². The zero-order valence-electron chi connectivity index (χ0n) is 11.3. The monoisotopic (exact) mass is 339 g/mol. The molecule has 20 heavy (non-hydrogen) atoms. The standard InChI is InChI=1S/C14H14BrNO4/c1-17-11-7-9(8-12(18-2)13(11)19-3)20-14-10(15)5-4-6-16-14/h4-8H,1-3H3. The van der Waals surface area contributed by atoms with Crippen molar-refractivity contribution in [2.24, 2.45) is 0 Å². The first-order valence-electron chi connectivity index (χ1n) is 5.78. The molecule has 0 aliphatic rings. The molecule has 0 radical (unpaired) electrons. The molecule has 106 valence electrons. The first-order chi connectivity index (χ1) is 9.69. The molecule has 1 aromatic heterocycles. The molecule has 0 saturated heterocycles. The van der Waals surface area contributed by atoms with Gasteiger partial charge >= 0.3 is 0 Å². The van der Waals surface area contributed by atoms with E-state index in [9.17, 15) is 0 Å². The van der Waals surface area contributed by atoms with Gasteiger partial charge in [0.2, 0.25) is 11.6 Å². The van der Waals surface area contributed by atoms with Crippen LogP contribution in [0.25, 0.3) is 0 Å². The van der Waals surface area contributed by atoms with Crippen molar-refractivity contribution in [3.63, 3.8) is 0 Å². The Bertz CT molecular complexity index is 578. The van der Waals surface area contributed by atoms with Crippen molar-refractivity contribution in [1.82, 2.24) is 4.98 Å². The molecule has 0 spiro atoms. The minimum absolute atomic E-state index is 0.460. The predicted octanol–water partition coefficient (Wildman–Crippen LogP) is 3.66. The number of pyridine rings is 1. The lowest BCUT2D eigenvalue weighted by Gasteiger charge is -2.14.